The fourth-order valence-electron chi connectivity index (χ4n) is 4.05. The number of hydrogen-bond acceptors (Lipinski definition) is 2. The van der Waals surface area contributed by atoms with E-state index < -0.39 is 0 Å². The molecule has 0 N–H and O–H groups in total. The van der Waals surface area contributed by atoms with Crippen LogP contribution in [0.4, 0.5) is 0 Å². The summed E-state index contributed by atoms with van der Waals surface area (Å²) in [5, 5.41) is 0.632. The maximum absolute atomic E-state index is 12.9. The van der Waals surface area contributed by atoms with Crippen molar-refractivity contribution in [2.24, 2.45) is 5.92 Å². The lowest BCUT2D eigenvalue weighted by molar-refractivity contribution is -0.140. The highest BCUT2D eigenvalue weighted by Crippen LogP contribution is 2.26. The molecule has 136 valence electrons. The van der Waals surface area contributed by atoms with Crippen molar-refractivity contribution in [2.75, 3.05) is 19.6 Å². The van der Waals surface area contributed by atoms with Crippen LogP contribution in [0.25, 0.3) is 0 Å². The van der Waals surface area contributed by atoms with E-state index in [1.807, 2.05) is 4.90 Å². The third-order valence-electron chi connectivity index (χ3n) is 5.60. The normalized spacial score (nSPS) is 22.1. The van der Waals surface area contributed by atoms with Gasteiger partial charge in [-0.1, -0.05) is 18.5 Å². The van der Waals surface area contributed by atoms with Gasteiger partial charge in [-0.3, -0.25) is 9.59 Å². The topological polar surface area (TPSA) is 40.6 Å². The second-order valence-corrected chi connectivity index (χ2v) is 7.60. The Balaban J connectivity index is 1.56. The van der Waals surface area contributed by atoms with Crippen LogP contribution in [0.15, 0.2) is 24.3 Å². The quantitative estimate of drug-likeness (QED) is 0.815. The first kappa shape index (κ1) is 18.2. The molecule has 2 aliphatic heterocycles. The Morgan fingerprint density at radius 1 is 1.04 bits per heavy atom. The van der Waals surface area contributed by atoms with Crippen molar-refractivity contribution >= 4 is 23.4 Å². The third kappa shape index (κ3) is 4.17. The molecule has 1 unspecified atom stereocenters. The van der Waals surface area contributed by atoms with Gasteiger partial charge in [-0.25, -0.2) is 0 Å². The third-order valence-corrected chi connectivity index (χ3v) is 5.86. The lowest BCUT2D eigenvalue weighted by Crippen LogP contribution is -2.49. The van der Waals surface area contributed by atoms with Crippen molar-refractivity contribution in [1.29, 1.82) is 0 Å². The molecule has 0 aromatic heterocycles. The Kier molecular flexibility index (Phi) is 6.00. The van der Waals surface area contributed by atoms with E-state index in [4.69, 9.17) is 11.6 Å². The van der Waals surface area contributed by atoms with Crippen LogP contribution in [0.2, 0.25) is 5.02 Å². The summed E-state index contributed by atoms with van der Waals surface area (Å²) < 4.78 is 0. The SMILES string of the molecule is CCC1CCCCN1C(=O)C1CCN(C(=O)c2ccc(Cl)cc2)CC1. The first-order valence-electron chi connectivity index (χ1n) is 9.45. The Morgan fingerprint density at radius 2 is 1.72 bits per heavy atom. The second-order valence-electron chi connectivity index (χ2n) is 7.16. The number of piperidine rings is 2. The molecule has 0 aliphatic carbocycles. The lowest BCUT2D eigenvalue weighted by Gasteiger charge is -2.39. The zero-order chi connectivity index (χ0) is 17.8. The van der Waals surface area contributed by atoms with Crippen molar-refractivity contribution in [3.8, 4) is 0 Å². The van der Waals surface area contributed by atoms with Crippen LogP contribution < -0.4 is 0 Å². The minimum absolute atomic E-state index is 0.0342. The maximum atomic E-state index is 12.9. The number of nitrogens with zero attached hydrogens (tertiary/aromatic N) is 2. The molecule has 2 aliphatic rings. The summed E-state index contributed by atoms with van der Waals surface area (Å²) in [5.74, 6) is 0.415. The Morgan fingerprint density at radius 3 is 2.36 bits per heavy atom. The first-order chi connectivity index (χ1) is 12.1. The predicted molar refractivity (Wildman–Crippen MR) is 99.7 cm³/mol. The molecule has 0 saturated carbocycles. The minimum atomic E-state index is 0.0342. The molecule has 0 spiro atoms. The molecule has 1 atom stereocenters. The number of halogens is 1. The average Bonchev–Trinajstić information content (AvgIpc) is 2.67. The van der Waals surface area contributed by atoms with E-state index in [-0.39, 0.29) is 11.8 Å². The fraction of sp³-hybridized carbons (Fsp3) is 0.600. The number of rotatable bonds is 3. The minimum Gasteiger partial charge on any atom is -0.339 e. The van der Waals surface area contributed by atoms with Crippen molar-refractivity contribution < 1.29 is 9.59 Å². The molecule has 5 heteroatoms. The predicted octanol–water partition coefficient (Wildman–Crippen LogP) is 3.98. The average molecular weight is 363 g/mol. The standard InChI is InChI=1S/C20H27ClN2O2/c1-2-18-5-3-4-12-23(18)20(25)16-10-13-22(14-11-16)19(24)15-6-8-17(21)9-7-15/h6-9,16,18H,2-5,10-14H2,1H3. The van der Waals surface area contributed by atoms with Gasteiger partial charge in [-0.2, -0.15) is 0 Å². The number of benzene rings is 1. The molecule has 0 bridgehead atoms. The summed E-state index contributed by atoms with van der Waals surface area (Å²) >= 11 is 5.89. The number of hydrogen-bond donors (Lipinski definition) is 0. The Hall–Kier alpha value is -1.55. The molecule has 4 nitrogen and oxygen atoms in total. The van der Waals surface area contributed by atoms with E-state index in [0.29, 0.717) is 35.6 Å². The first-order valence-corrected chi connectivity index (χ1v) is 9.83. The summed E-state index contributed by atoms with van der Waals surface area (Å²) in [7, 11) is 0. The maximum Gasteiger partial charge on any atom is 0.253 e. The van der Waals surface area contributed by atoms with Gasteiger partial charge in [-0.15, -0.1) is 0 Å². The van der Waals surface area contributed by atoms with E-state index in [1.54, 1.807) is 24.3 Å². The zero-order valence-corrected chi connectivity index (χ0v) is 15.7. The molecule has 1 aromatic rings. The van der Waals surface area contributed by atoms with E-state index in [1.165, 1.54) is 6.42 Å². The molecule has 0 radical (unpaired) electrons. The molecule has 25 heavy (non-hydrogen) atoms. The zero-order valence-electron chi connectivity index (χ0n) is 14.9. The second kappa shape index (κ2) is 8.22. The van der Waals surface area contributed by atoms with Crippen LogP contribution in [-0.2, 0) is 4.79 Å². The molecular formula is C20H27ClN2O2. The van der Waals surface area contributed by atoms with Crippen LogP contribution in [0, 0.1) is 5.92 Å². The smallest absolute Gasteiger partial charge is 0.253 e. The number of carbonyl (C=O) groups excluding carboxylic acids is 2. The van der Waals surface area contributed by atoms with E-state index in [2.05, 4.69) is 11.8 Å². The van der Waals surface area contributed by atoms with Crippen molar-refractivity contribution in [2.45, 2.75) is 51.5 Å². The lowest BCUT2D eigenvalue weighted by atomic mass is 9.91. The van der Waals surface area contributed by atoms with Gasteiger partial charge >= 0.3 is 0 Å². The Labute approximate surface area is 155 Å². The summed E-state index contributed by atoms with van der Waals surface area (Å²) in [6.45, 7) is 4.38. The summed E-state index contributed by atoms with van der Waals surface area (Å²) in [4.78, 5) is 29.5. The Bertz CT molecular complexity index is 609. The molecule has 1 aromatic carbocycles. The van der Waals surface area contributed by atoms with E-state index >= 15 is 0 Å². The molecule has 3 rings (SSSR count). The van der Waals surface area contributed by atoms with Crippen LogP contribution >= 0.6 is 11.6 Å². The van der Waals surface area contributed by atoms with Crippen LogP contribution in [0.3, 0.4) is 0 Å². The highest BCUT2D eigenvalue weighted by atomic mass is 35.5. The number of likely N-dealkylation sites (tertiary alicyclic amines) is 2. The van der Waals surface area contributed by atoms with Crippen LogP contribution in [0.1, 0.15) is 55.8 Å². The van der Waals surface area contributed by atoms with Gasteiger partial charge in [0, 0.05) is 42.2 Å². The molecule has 2 amide bonds. The number of carbonyl (C=O) groups is 2. The van der Waals surface area contributed by atoms with Crippen LogP contribution in [-0.4, -0.2) is 47.3 Å². The van der Waals surface area contributed by atoms with Gasteiger partial charge in [0.1, 0.15) is 0 Å². The van der Waals surface area contributed by atoms with E-state index in [0.717, 1.165) is 38.6 Å². The van der Waals surface area contributed by atoms with Crippen LogP contribution in [0.5, 0.6) is 0 Å². The molecule has 2 saturated heterocycles. The summed E-state index contributed by atoms with van der Waals surface area (Å²) in [6, 6.07) is 7.43. The summed E-state index contributed by atoms with van der Waals surface area (Å²) in [6.07, 6.45) is 6.07. The fourth-order valence-corrected chi connectivity index (χ4v) is 4.18. The monoisotopic (exact) mass is 362 g/mol. The van der Waals surface area contributed by atoms with Crippen molar-refractivity contribution in [3.05, 3.63) is 34.9 Å². The van der Waals surface area contributed by atoms with Gasteiger partial charge < -0.3 is 9.80 Å². The number of amides is 2. The molecule has 2 fully saturated rings. The largest absolute Gasteiger partial charge is 0.339 e. The molecule has 2 heterocycles. The molecular weight excluding hydrogens is 336 g/mol. The van der Waals surface area contributed by atoms with Gasteiger partial charge in [-0.05, 0) is 62.8 Å². The van der Waals surface area contributed by atoms with Crippen molar-refractivity contribution in [3.63, 3.8) is 0 Å². The highest BCUT2D eigenvalue weighted by Gasteiger charge is 2.33. The summed E-state index contributed by atoms with van der Waals surface area (Å²) in [5.41, 5.74) is 0.663. The van der Waals surface area contributed by atoms with Gasteiger partial charge in [0.05, 0.1) is 0 Å². The van der Waals surface area contributed by atoms with E-state index in [9.17, 15) is 9.59 Å². The van der Waals surface area contributed by atoms with Gasteiger partial charge in [0.15, 0.2) is 0 Å². The highest BCUT2D eigenvalue weighted by molar-refractivity contribution is 6.30. The van der Waals surface area contributed by atoms with Gasteiger partial charge in [0.25, 0.3) is 5.91 Å². The van der Waals surface area contributed by atoms with Gasteiger partial charge in [0.2, 0.25) is 5.91 Å². The van der Waals surface area contributed by atoms with Crippen molar-refractivity contribution in [1.82, 2.24) is 9.80 Å².